The predicted molar refractivity (Wildman–Crippen MR) is 120 cm³/mol. The predicted octanol–water partition coefficient (Wildman–Crippen LogP) is 3.18. The van der Waals surface area contributed by atoms with Crippen molar-refractivity contribution in [3.8, 4) is 11.4 Å². The molecule has 4 heterocycles. The molecule has 1 unspecified atom stereocenters. The largest absolute Gasteiger partial charge is 0.369 e. The summed E-state index contributed by atoms with van der Waals surface area (Å²) >= 11 is 0. The number of nitrogens with zero attached hydrogens (tertiary/aromatic N) is 5. The molecule has 8 nitrogen and oxygen atoms in total. The van der Waals surface area contributed by atoms with Gasteiger partial charge in [0, 0.05) is 30.4 Å². The van der Waals surface area contributed by atoms with E-state index < -0.39 is 11.7 Å². The minimum absolute atomic E-state index is 0.0796. The van der Waals surface area contributed by atoms with Crippen molar-refractivity contribution in [3.63, 3.8) is 0 Å². The number of pyridine rings is 1. The van der Waals surface area contributed by atoms with Crippen LogP contribution >= 0.6 is 0 Å². The number of carbonyl (C=O) groups is 1. The lowest BCUT2D eigenvalue weighted by Gasteiger charge is -2.08. The summed E-state index contributed by atoms with van der Waals surface area (Å²) in [7, 11) is 2.08. The molecule has 1 aromatic carbocycles. The number of anilines is 2. The first-order chi connectivity index (χ1) is 15.5. The SMILES string of the molecule is CN1CCC(c2nc(-c3ccc(C(=O)Nc4ccccn4)c(F)c3)n3c(N)nccc23)C1. The summed E-state index contributed by atoms with van der Waals surface area (Å²) in [5.41, 5.74) is 8.40. The number of fused-ring (bicyclic) bond motifs is 1. The number of nitrogens with one attached hydrogen (secondary N) is 1. The third-order valence-corrected chi connectivity index (χ3v) is 5.77. The highest BCUT2D eigenvalue weighted by molar-refractivity contribution is 6.04. The zero-order valence-electron chi connectivity index (χ0n) is 17.5. The number of halogens is 1. The third kappa shape index (κ3) is 3.56. The Kier molecular flexibility index (Phi) is 5.02. The number of likely N-dealkylation sites (tertiary alicyclic amines) is 1. The van der Waals surface area contributed by atoms with Crippen molar-refractivity contribution in [3.05, 3.63) is 71.9 Å². The number of rotatable bonds is 4. The minimum atomic E-state index is -0.655. The van der Waals surface area contributed by atoms with Crippen molar-refractivity contribution in [2.75, 3.05) is 31.2 Å². The molecule has 5 rings (SSSR count). The van der Waals surface area contributed by atoms with Crippen LogP contribution in [0.3, 0.4) is 0 Å². The van der Waals surface area contributed by atoms with Gasteiger partial charge < -0.3 is 16.0 Å². The number of aromatic nitrogens is 4. The molecule has 9 heteroatoms. The lowest BCUT2D eigenvalue weighted by Crippen LogP contribution is -2.14. The van der Waals surface area contributed by atoms with Gasteiger partial charge in [-0.05, 0) is 50.3 Å². The summed E-state index contributed by atoms with van der Waals surface area (Å²) in [6.07, 6.45) is 4.20. The van der Waals surface area contributed by atoms with Crippen molar-refractivity contribution in [2.45, 2.75) is 12.3 Å². The van der Waals surface area contributed by atoms with Crippen LogP contribution in [0.15, 0.2) is 54.9 Å². The van der Waals surface area contributed by atoms with Gasteiger partial charge in [-0.15, -0.1) is 0 Å². The van der Waals surface area contributed by atoms with Crippen LogP contribution in [0.5, 0.6) is 0 Å². The molecule has 1 aliphatic heterocycles. The Labute approximate surface area is 183 Å². The van der Waals surface area contributed by atoms with Crippen LogP contribution < -0.4 is 11.1 Å². The molecule has 1 amide bonds. The summed E-state index contributed by atoms with van der Waals surface area (Å²) < 4.78 is 16.7. The zero-order chi connectivity index (χ0) is 22.2. The zero-order valence-corrected chi connectivity index (χ0v) is 17.5. The van der Waals surface area contributed by atoms with E-state index in [2.05, 4.69) is 27.2 Å². The summed E-state index contributed by atoms with van der Waals surface area (Å²) in [6.45, 7) is 1.89. The Bertz CT molecular complexity index is 1300. The molecular formula is C23H22FN7O. The number of benzene rings is 1. The van der Waals surface area contributed by atoms with E-state index in [0.29, 0.717) is 17.2 Å². The van der Waals surface area contributed by atoms with Crippen molar-refractivity contribution < 1.29 is 9.18 Å². The van der Waals surface area contributed by atoms with E-state index in [1.54, 1.807) is 41.1 Å². The van der Waals surface area contributed by atoms with E-state index in [9.17, 15) is 9.18 Å². The number of hydrogen-bond donors (Lipinski definition) is 2. The maximum absolute atomic E-state index is 15.0. The summed E-state index contributed by atoms with van der Waals surface area (Å²) in [6, 6.07) is 11.4. The number of likely N-dealkylation sites (N-methyl/N-ethyl adjacent to an activating group) is 1. The van der Waals surface area contributed by atoms with Crippen LogP contribution in [-0.2, 0) is 0 Å². The standard InChI is InChI=1S/C23H22FN7O/c1-30-11-8-15(13-30)20-18-7-10-27-23(25)31(18)21(29-20)14-5-6-16(17(24)12-14)22(32)28-19-4-2-3-9-26-19/h2-7,9-10,12,15H,8,11,13H2,1H3,(H2,25,27)(H,26,28,32). The van der Waals surface area contributed by atoms with Crippen LogP contribution in [0, 0.1) is 5.82 Å². The molecule has 0 aliphatic carbocycles. The van der Waals surface area contributed by atoms with Gasteiger partial charge in [-0.1, -0.05) is 12.1 Å². The van der Waals surface area contributed by atoms with Gasteiger partial charge in [-0.3, -0.25) is 9.20 Å². The van der Waals surface area contributed by atoms with Crippen LogP contribution in [0.25, 0.3) is 16.9 Å². The van der Waals surface area contributed by atoms with E-state index in [0.717, 1.165) is 30.7 Å². The maximum Gasteiger partial charge on any atom is 0.259 e. The molecule has 0 radical (unpaired) electrons. The van der Waals surface area contributed by atoms with Gasteiger partial charge in [-0.2, -0.15) is 0 Å². The topological polar surface area (TPSA) is 101 Å². The van der Waals surface area contributed by atoms with E-state index in [1.165, 1.54) is 12.1 Å². The first kappa shape index (κ1) is 20.1. The normalized spacial score (nSPS) is 16.5. The molecule has 0 spiro atoms. The fourth-order valence-electron chi connectivity index (χ4n) is 4.19. The van der Waals surface area contributed by atoms with E-state index in [-0.39, 0.29) is 17.4 Å². The minimum Gasteiger partial charge on any atom is -0.369 e. The van der Waals surface area contributed by atoms with Crippen LogP contribution in [-0.4, -0.2) is 50.3 Å². The summed E-state index contributed by atoms with van der Waals surface area (Å²) in [4.78, 5) is 27.9. The van der Waals surface area contributed by atoms with Gasteiger partial charge in [0.1, 0.15) is 17.5 Å². The average Bonchev–Trinajstić information content (AvgIpc) is 3.38. The molecule has 32 heavy (non-hydrogen) atoms. The lowest BCUT2D eigenvalue weighted by molar-refractivity contribution is 0.102. The van der Waals surface area contributed by atoms with Crippen LogP contribution in [0.2, 0.25) is 0 Å². The average molecular weight is 431 g/mol. The molecule has 1 aliphatic rings. The Balaban J connectivity index is 1.53. The smallest absolute Gasteiger partial charge is 0.259 e. The summed E-state index contributed by atoms with van der Waals surface area (Å²) in [5.74, 6) is 0.170. The highest BCUT2D eigenvalue weighted by Gasteiger charge is 2.27. The fourth-order valence-corrected chi connectivity index (χ4v) is 4.19. The second-order valence-electron chi connectivity index (χ2n) is 7.96. The number of nitrogen functional groups attached to an aromatic ring is 1. The van der Waals surface area contributed by atoms with Crippen LogP contribution in [0.4, 0.5) is 16.2 Å². The molecule has 1 fully saturated rings. The number of amides is 1. The molecule has 0 saturated carbocycles. The summed E-state index contributed by atoms with van der Waals surface area (Å²) in [5, 5.41) is 2.60. The van der Waals surface area contributed by atoms with Crippen molar-refractivity contribution >= 4 is 23.2 Å². The quantitative estimate of drug-likeness (QED) is 0.515. The molecule has 162 valence electrons. The second-order valence-corrected chi connectivity index (χ2v) is 7.96. The molecule has 0 bridgehead atoms. The van der Waals surface area contributed by atoms with Gasteiger partial charge in [0.2, 0.25) is 5.95 Å². The number of nitrogens with two attached hydrogens (primary N) is 1. The maximum atomic E-state index is 15.0. The van der Waals surface area contributed by atoms with Gasteiger partial charge in [-0.25, -0.2) is 19.3 Å². The fraction of sp³-hybridized carbons (Fsp3) is 0.217. The Morgan fingerprint density at radius 2 is 2.06 bits per heavy atom. The molecule has 4 aromatic rings. The lowest BCUT2D eigenvalue weighted by atomic mass is 10.0. The Morgan fingerprint density at radius 3 is 2.78 bits per heavy atom. The monoisotopic (exact) mass is 431 g/mol. The number of hydrogen-bond acceptors (Lipinski definition) is 6. The highest BCUT2D eigenvalue weighted by Crippen LogP contribution is 2.33. The van der Waals surface area contributed by atoms with Crippen molar-refractivity contribution in [2.24, 2.45) is 0 Å². The number of carbonyl (C=O) groups excluding carboxylic acids is 1. The van der Waals surface area contributed by atoms with Crippen LogP contribution in [0.1, 0.15) is 28.4 Å². The molecule has 1 atom stereocenters. The second kappa shape index (κ2) is 8.01. The van der Waals surface area contributed by atoms with Gasteiger partial charge >= 0.3 is 0 Å². The molecular weight excluding hydrogens is 409 g/mol. The van der Waals surface area contributed by atoms with E-state index in [1.807, 2.05) is 6.07 Å². The van der Waals surface area contributed by atoms with E-state index >= 15 is 0 Å². The first-order valence-corrected chi connectivity index (χ1v) is 10.3. The third-order valence-electron chi connectivity index (χ3n) is 5.77. The van der Waals surface area contributed by atoms with Gasteiger partial charge in [0.05, 0.1) is 16.8 Å². The van der Waals surface area contributed by atoms with Gasteiger partial charge in [0.15, 0.2) is 0 Å². The molecule has 3 N–H and O–H groups in total. The van der Waals surface area contributed by atoms with Crippen molar-refractivity contribution in [1.29, 1.82) is 0 Å². The highest BCUT2D eigenvalue weighted by atomic mass is 19.1. The molecule has 1 saturated heterocycles. The number of imidazole rings is 1. The van der Waals surface area contributed by atoms with Crippen molar-refractivity contribution in [1.82, 2.24) is 24.3 Å². The van der Waals surface area contributed by atoms with E-state index in [4.69, 9.17) is 10.7 Å². The Hall–Kier alpha value is -3.85. The van der Waals surface area contributed by atoms with Gasteiger partial charge in [0.25, 0.3) is 5.91 Å². The first-order valence-electron chi connectivity index (χ1n) is 10.3. The Morgan fingerprint density at radius 1 is 1.19 bits per heavy atom. The molecule has 3 aromatic heterocycles.